The van der Waals surface area contributed by atoms with Crippen molar-refractivity contribution in [3.05, 3.63) is 28.3 Å². The van der Waals surface area contributed by atoms with Crippen LogP contribution in [-0.4, -0.2) is 44.4 Å². The molecule has 0 saturated heterocycles. The summed E-state index contributed by atoms with van der Waals surface area (Å²) in [6.07, 6.45) is -0.116. The first-order valence-electron chi connectivity index (χ1n) is 6.93. The fraction of sp³-hybridized carbons (Fsp3) is 0.571. The summed E-state index contributed by atoms with van der Waals surface area (Å²) in [6.45, 7) is 6.63. The molecule has 0 fully saturated rings. The Morgan fingerprint density at radius 3 is 2.67 bits per heavy atom. The van der Waals surface area contributed by atoms with Gasteiger partial charge in [0.05, 0.1) is 17.6 Å². The van der Waals surface area contributed by atoms with Gasteiger partial charge in [0.15, 0.2) is 5.75 Å². The fourth-order valence-electron chi connectivity index (χ4n) is 1.72. The van der Waals surface area contributed by atoms with Gasteiger partial charge in [0.2, 0.25) is 0 Å². The molecule has 0 aliphatic carbocycles. The number of hydrogen-bond acceptors (Lipinski definition) is 6. The van der Waals surface area contributed by atoms with Crippen LogP contribution >= 0.6 is 0 Å². The summed E-state index contributed by atoms with van der Waals surface area (Å²) in [5.74, 6) is 0.285. The van der Waals surface area contributed by atoms with E-state index in [4.69, 9.17) is 9.47 Å². The molecule has 1 aromatic carbocycles. The van der Waals surface area contributed by atoms with Gasteiger partial charge in [-0.15, -0.1) is 0 Å². The predicted octanol–water partition coefficient (Wildman–Crippen LogP) is 2.03. The third kappa shape index (κ3) is 6.42. The van der Waals surface area contributed by atoms with Crippen LogP contribution in [0.4, 0.5) is 11.4 Å². The summed E-state index contributed by atoms with van der Waals surface area (Å²) in [4.78, 5) is 10.5. The van der Waals surface area contributed by atoms with E-state index in [-0.39, 0.29) is 17.5 Å². The van der Waals surface area contributed by atoms with Crippen LogP contribution in [0.1, 0.15) is 13.8 Å². The smallest absolute Gasteiger partial charge is 0.311 e. The average molecular weight is 297 g/mol. The Morgan fingerprint density at radius 2 is 2.05 bits per heavy atom. The van der Waals surface area contributed by atoms with Gasteiger partial charge < -0.3 is 20.1 Å². The number of anilines is 1. The molecule has 1 rings (SSSR count). The van der Waals surface area contributed by atoms with E-state index in [1.807, 2.05) is 13.8 Å². The van der Waals surface area contributed by atoms with Crippen molar-refractivity contribution in [3.63, 3.8) is 0 Å². The van der Waals surface area contributed by atoms with Crippen molar-refractivity contribution in [1.29, 1.82) is 0 Å². The molecular weight excluding hydrogens is 274 g/mol. The zero-order chi connectivity index (χ0) is 15.7. The summed E-state index contributed by atoms with van der Waals surface area (Å²) in [5.41, 5.74) is 0.775. The van der Waals surface area contributed by atoms with Crippen LogP contribution in [0, 0.1) is 10.1 Å². The maximum absolute atomic E-state index is 11.0. The van der Waals surface area contributed by atoms with Gasteiger partial charge in [0.1, 0.15) is 0 Å². The van der Waals surface area contributed by atoms with Gasteiger partial charge in [-0.3, -0.25) is 10.1 Å². The van der Waals surface area contributed by atoms with Crippen LogP contribution in [0.15, 0.2) is 18.2 Å². The molecule has 21 heavy (non-hydrogen) atoms. The van der Waals surface area contributed by atoms with Gasteiger partial charge in [0.25, 0.3) is 0 Å². The SMILES string of the molecule is COCCNCCNc1ccc([N+](=O)[O-])c(OC(C)C)c1. The van der Waals surface area contributed by atoms with Gasteiger partial charge in [-0.25, -0.2) is 0 Å². The zero-order valence-corrected chi connectivity index (χ0v) is 12.7. The molecule has 0 bridgehead atoms. The highest BCUT2D eigenvalue weighted by Gasteiger charge is 2.16. The first-order chi connectivity index (χ1) is 10.0. The molecular formula is C14H23N3O4. The van der Waals surface area contributed by atoms with E-state index in [0.717, 1.165) is 18.8 Å². The normalized spacial score (nSPS) is 10.7. The molecule has 0 aromatic heterocycles. The molecule has 7 nitrogen and oxygen atoms in total. The topological polar surface area (TPSA) is 85.7 Å². The number of methoxy groups -OCH3 is 1. The van der Waals surface area contributed by atoms with Crippen molar-refractivity contribution >= 4 is 11.4 Å². The van der Waals surface area contributed by atoms with Crippen molar-refractivity contribution in [2.75, 3.05) is 38.7 Å². The van der Waals surface area contributed by atoms with Crippen molar-refractivity contribution in [1.82, 2.24) is 5.32 Å². The number of ether oxygens (including phenoxy) is 2. The maximum Gasteiger partial charge on any atom is 0.311 e. The highest BCUT2D eigenvalue weighted by molar-refractivity contribution is 5.58. The van der Waals surface area contributed by atoms with E-state index in [1.54, 1.807) is 19.2 Å². The van der Waals surface area contributed by atoms with Crippen molar-refractivity contribution < 1.29 is 14.4 Å². The molecule has 0 atom stereocenters. The summed E-state index contributed by atoms with van der Waals surface area (Å²) >= 11 is 0. The molecule has 7 heteroatoms. The number of nitrogens with one attached hydrogen (secondary N) is 2. The lowest BCUT2D eigenvalue weighted by molar-refractivity contribution is -0.386. The van der Waals surface area contributed by atoms with Gasteiger partial charge in [-0.2, -0.15) is 0 Å². The molecule has 0 aliphatic heterocycles. The van der Waals surface area contributed by atoms with Crippen LogP contribution in [0.2, 0.25) is 0 Å². The predicted molar refractivity (Wildman–Crippen MR) is 82.1 cm³/mol. The van der Waals surface area contributed by atoms with Crippen LogP contribution in [0.25, 0.3) is 0 Å². The van der Waals surface area contributed by atoms with Gasteiger partial charge >= 0.3 is 5.69 Å². The number of hydrogen-bond donors (Lipinski definition) is 2. The minimum Gasteiger partial charge on any atom is -0.484 e. The molecule has 0 unspecified atom stereocenters. The number of nitro benzene ring substituents is 1. The largest absolute Gasteiger partial charge is 0.484 e. The van der Waals surface area contributed by atoms with E-state index in [2.05, 4.69) is 10.6 Å². The third-order valence-electron chi connectivity index (χ3n) is 2.63. The Balaban J connectivity index is 2.57. The standard InChI is InChI=1S/C14H23N3O4/c1-11(2)21-14-10-12(4-5-13(14)17(18)19)16-7-6-15-8-9-20-3/h4-5,10-11,15-16H,6-9H2,1-3H3. The number of rotatable bonds is 10. The summed E-state index contributed by atoms with van der Waals surface area (Å²) in [6, 6.07) is 4.80. The number of benzene rings is 1. The first-order valence-corrected chi connectivity index (χ1v) is 6.93. The zero-order valence-electron chi connectivity index (χ0n) is 12.7. The summed E-state index contributed by atoms with van der Waals surface area (Å²) < 4.78 is 10.4. The van der Waals surface area contributed by atoms with Crippen LogP contribution in [-0.2, 0) is 4.74 Å². The molecule has 0 radical (unpaired) electrons. The lowest BCUT2D eigenvalue weighted by Gasteiger charge is -2.12. The first kappa shape index (κ1) is 17.2. The Labute approximate surface area is 124 Å². The second-order valence-corrected chi connectivity index (χ2v) is 4.78. The monoisotopic (exact) mass is 297 g/mol. The number of nitrogens with zero attached hydrogens (tertiary/aromatic N) is 1. The highest BCUT2D eigenvalue weighted by Crippen LogP contribution is 2.30. The van der Waals surface area contributed by atoms with Crippen LogP contribution in [0.5, 0.6) is 5.75 Å². The molecule has 0 amide bonds. The number of nitro groups is 1. The second-order valence-electron chi connectivity index (χ2n) is 4.78. The molecule has 0 aliphatic rings. The van der Waals surface area contributed by atoms with E-state index in [0.29, 0.717) is 13.2 Å². The lowest BCUT2D eigenvalue weighted by atomic mass is 10.2. The molecule has 118 valence electrons. The highest BCUT2D eigenvalue weighted by atomic mass is 16.6. The van der Waals surface area contributed by atoms with Crippen molar-refractivity contribution in [2.24, 2.45) is 0 Å². The summed E-state index contributed by atoms with van der Waals surface area (Å²) in [5, 5.41) is 17.4. The minimum absolute atomic E-state index is 0.0209. The Hall–Kier alpha value is -1.86. The van der Waals surface area contributed by atoms with Crippen molar-refractivity contribution in [2.45, 2.75) is 20.0 Å². The molecule has 0 heterocycles. The van der Waals surface area contributed by atoms with Gasteiger partial charge in [-0.1, -0.05) is 0 Å². The Kier molecular flexibility index (Phi) is 7.49. The Morgan fingerprint density at radius 1 is 1.29 bits per heavy atom. The summed E-state index contributed by atoms with van der Waals surface area (Å²) in [7, 11) is 1.66. The quantitative estimate of drug-likeness (QED) is 0.390. The van der Waals surface area contributed by atoms with Crippen molar-refractivity contribution in [3.8, 4) is 5.75 Å². The molecule has 0 spiro atoms. The van der Waals surface area contributed by atoms with Crippen LogP contribution < -0.4 is 15.4 Å². The minimum atomic E-state index is -0.437. The van der Waals surface area contributed by atoms with Gasteiger partial charge in [-0.05, 0) is 19.9 Å². The van der Waals surface area contributed by atoms with E-state index >= 15 is 0 Å². The fourth-order valence-corrected chi connectivity index (χ4v) is 1.72. The Bertz CT molecular complexity index is 452. The third-order valence-corrected chi connectivity index (χ3v) is 2.63. The molecule has 2 N–H and O–H groups in total. The maximum atomic E-state index is 11.0. The molecule has 1 aromatic rings. The van der Waals surface area contributed by atoms with E-state index < -0.39 is 4.92 Å². The average Bonchev–Trinajstić information content (AvgIpc) is 2.42. The van der Waals surface area contributed by atoms with E-state index in [9.17, 15) is 10.1 Å². The van der Waals surface area contributed by atoms with E-state index in [1.165, 1.54) is 6.07 Å². The van der Waals surface area contributed by atoms with Gasteiger partial charge in [0, 0.05) is 44.6 Å². The lowest BCUT2D eigenvalue weighted by Crippen LogP contribution is -2.25. The molecule has 0 saturated carbocycles. The second kappa shape index (κ2) is 9.15. The van der Waals surface area contributed by atoms with Crippen LogP contribution in [0.3, 0.4) is 0 Å².